The Morgan fingerprint density at radius 2 is 1.78 bits per heavy atom. The van der Waals surface area contributed by atoms with Crippen molar-refractivity contribution in [2.45, 2.75) is 77.2 Å². The van der Waals surface area contributed by atoms with E-state index in [1.165, 1.54) is 49.7 Å². The van der Waals surface area contributed by atoms with Crippen molar-refractivity contribution >= 4 is 7.82 Å². The van der Waals surface area contributed by atoms with Crippen LogP contribution in [0.3, 0.4) is 0 Å². The zero-order chi connectivity index (χ0) is 20.3. The van der Waals surface area contributed by atoms with Gasteiger partial charge in [-0.2, -0.15) is 0 Å². The minimum absolute atomic E-state index is 0.376. The standard InChI is InChI=1S/C20H36NO5P/c1-3-4-5-6-7-8-9-18-10-11-19(17(2)14-18)12-13-20(21,15-22)16-26-27(23,24)25/h10-11,14,22H,3-9,12-13,15-16,21H2,1-2H3,(H2,23,24,25). The summed E-state index contributed by atoms with van der Waals surface area (Å²) in [5.41, 5.74) is 8.49. The molecule has 1 atom stereocenters. The van der Waals surface area contributed by atoms with Crippen LogP contribution in [0.15, 0.2) is 18.2 Å². The van der Waals surface area contributed by atoms with Crippen molar-refractivity contribution in [3.8, 4) is 0 Å². The molecule has 0 fully saturated rings. The number of rotatable bonds is 14. The molecule has 0 spiro atoms. The molecule has 0 bridgehead atoms. The maximum Gasteiger partial charge on any atom is 0.469 e. The lowest BCUT2D eigenvalue weighted by Gasteiger charge is -2.27. The third kappa shape index (κ3) is 10.4. The van der Waals surface area contributed by atoms with E-state index < -0.39 is 20.0 Å². The van der Waals surface area contributed by atoms with Crippen LogP contribution >= 0.6 is 7.82 Å². The first-order valence-corrected chi connectivity index (χ1v) is 11.4. The molecule has 6 nitrogen and oxygen atoms in total. The van der Waals surface area contributed by atoms with Gasteiger partial charge in [0.1, 0.15) is 0 Å². The van der Waals surface area contributed by atoms with Gasteiger partial charge in [-0.05, 0) is 49.3 Å². The lowest BCUT2D eigenvalue weighted by atomic mass is 9.91. The van der Waals surface area contributed by atoms with E-state index in [9.17, 15) is 9.67 Å². The van der Waals surface area contributed by atoms with Crippen LogP contribution in [-0.2, 0) is 21.9 Å². The van der Waals surface area contributed by atoms with Crippen LogP contribution in [0.2, 0.25) is 0 Å². The zero-order valence-electron chi connectivity index (χ0n) is 16.7. The molecule has 0 aromatic heterocycles. The quantitative estimate of drug-likeness (QED) is 0.280. The molecule has 1 aromatic carbocycles. The Morgan fingerprint density at radius 1 is 1.11 bits per heavy atom. The van der Waals surface area contributed by atoms with Crippen molar-refractivity contribution in [1.29, 1.82) is 0 Å². The third-order valence-corrected chi connectivity index (χ3v) is 5.42. The molecular weight excluding hydrogens is 365 g/mol. The highest BCUT2D eigenvalue weighted by molar-refractivity contribution is 7.46. The van der Waals surface area contributed by atoms with Gasteiger partial charge >= 0.3 is 7.82 Å². The predicted octanol–water partition coefficient (Wildman–Crippen LogP) is 3.63. The monoisotopic (exact) mass is 401 g/mol. The second kappa shape index (κ2) is 11.9. The Morgan fingerprint density at radius 3 is 2.37 bits per heavy atom. The van der Waals surface area contributed by atoms with Gasteiger partial charge in [-0.25, -0.2) is 4.57 Å². The van der Waals surface area contributed by atoms with E-state index in [4.69, 9.17) is 15.5 Å². The molecule has 7 heteroatoms. The molecule has 1 aromatic rings. The number of aliphatic hydroxyl groups excluding tert-OH is 1. The largest absolute Gasteiger partial charge is 0.469 e. The molecule has 1 rings (SSSR count). The van der Waals surface area contributed by atoms with E-state index in [0.717, 1.165) is 12.0 Å². The van der Waals surface area contributed by atoms with Crippen molar-refractivity contribution in [3.05, 3.63) is 34.9 Å². The number of phosphoric ester groups is 1. The first-order chi connectivity index (χ1) is 12.7. The third-order valence-electron chi connectivity index (χ3n) is 4.95. The van der Waals surface area contributed by atoms with Crippen LogP contribution in [0.1, 0.15) is 68.6 Å². The Bertz CT molecular complexity index is 604. The Hall–Kier alpha value is -0.750. The number of aliphatic hydroxyl groups is 1. The molecule has 0 amide bonds. The fraction of sp³-hybridized carbons (Fsp3) is 0.700. The summed E-state index contributed by atoms with van der Waals surface area (Å²) in [7, 11) is -4.60. The Balaban J connectivity index is 2.50. The van der Waals surface area contributed by atoms with E-state index in [1.54, 1.807) is 0 Å². The summed E-state index contributed by atoms with van der Waals surface area (Å²) < 4.78 is 15.3. The molecule has 0 aliphatic rings. The topological polar surface area (TPSA) is 113 Å². The van der Waals surface area contributed by atoms with Gasteiger partial charge in [-0.1, -0.05) is 57.2 Å². The van der Waals surface area contributed by atoms with Crippen LogP contribution in [0.25, 0.3) is 0 Å². The number of hydrogen-bond donors (Lipinski definition) is 4. The number of unbranched alkanes of at least 4 members (excludes halogenated alkanes) is 5. The van der Waals surface area contributed by atoms with Crippen LogP contribution in [0.5, 0.6) is 0 Å². The molecule has 0 aliphatic carbocycles. The maximum absolute atomic E-state index is 10.9. The summed E-state index contributed by atoms with van der Waals surface area (Å²) in [6.07, 6.45) is 9.78. The molecule has 0 radical (unpaired) electrons. The van der Waals surface area contributed by atoms with E-state index in [-0.39, 0.29) is 6.61 Å². The van der Waals surface area contributed by atoms with Crippen molar-refractivity contribution in [1.82, 2.24) is 0 Å². The molecule has 1 unspecified atom stereocenters. The van der Waals surface area contributed by atoms with Crippen molar-refractivity contribution in [2.75, 3.05) is 13.2 Å². The van der Waals surface area contributed by atoms with Crippen LogP contribution in [-0.4, -0.2) is 33.6 Å². The van der Waals surface area contributed by atoms with E-state index in [1.807, 2.05) is 0 Å². The molecule has 27 heavy (non-hydrogen) atoms. The van der Waals surface area contributed by atoms with Crippen LogP contribution in [0, 0.1) is 6.92 Å². The van der Waals surface area contributed by atoms with Gasteiger partial charge in [-0.15, -0.1) is 0 Å². The zero-order valence-corrected chi connectivity index (χ0v) is 17.6. The Kier molecular flexibility index (Phi) is 10.7. The minimum Gasteiger partial charge on any atom is -0.394 e. The second-order valence-corrected chi connectivity index (χ2v) is 8.80. The summed E-state index contributed by atoms with van der Waals surface area (Å²) in [6.45, 7) is 3.50. The fourth-order valence-corrected chi connectivity index (χ4v) is 3.52. The Labute approximate surface area is 163 Å². The van der Waals surface area contributed by atoms with Gasteiger partial charge in [0.2, 0.25) is 0 Å². The van der Waals surface area contributed by atoms with Crippen LogP contribution < -0.4 is 5.73 Å². The smallest absolute Gasteiger partial charge is 0.394 e. The second-order valence-electron chi connectivity index (χ2n) is 7.56. The molecule has 0 aliphatic heterocycles. The molecule has 0 saturated carbocycles. The number of aryl methyl sites for hydroxylation is 3. The van der Waals surface area contributed by atoms with Crippen molar-refractivity contribution in [3.63, 3.8) is 0 Å². The SMILES string of the molecule is CCCCCCCCc1ccc(CCC(N)(CO)COP(=O)(O)O)c(C)c1. The van der Waals surface area contributed by atoms with Gasteiger partial charge in [0, 0.05) is 0 Å². The van der Waals surface area contributed by atoms with E-state index >= 15 is 0 Å². The molecule has 0 heterocycles. The summed E-state index contributed by atoms with van der Waals surface area (Å²) in [6, 6.07) is 6.42. The summed E-state index contributed by atoms with van der Waals surface area (Å²) in [5.74, 6) is 0. The molecular formula is C20H36NO5P. The normalized spacial score (nSPS) is 14.3. The van der Waals surface area contributed by atoms with Gasteiger partial charge in [-0.3, -0.25) is 4.52 Å². The van der Waals surface area contributed by atoms with Crippen molar-refractivity contribution in [2.24, 2.45) is 5.73 Å². The lowest BCUT2D eigenvalue weighted by molar-refractivity contribution is 0.102. The first-order valence-electron chi connectivity index (χ1n) is 9.87. The predicted molar refractivity (Wildman–Crippen MR) is 109 cm³/mol. The fourth-order valence-electron chi connectivity index (χ4n) is 3.10. The number of nitrogens with two attached hydrogens (primary N) is 1. The summed E-state index contributed by atoms with van der Waals surface area (Å²) in [4.78, 5) is 17.6. The van der Waals surface area contributed by atoms with E-state index in [0.29, 0.717) is 12.8 Å². The lowest BCUT2D eigenvalue weighted by Crippen LogP contribution is -2.48. The highest BCUT2D eigenvalue weighted by Gasteiger charge is 2.28. The van der Waals surface area contributed by atoms with Gasteiger partial charge < -0.3 is 20.6 Å². The maximum atomic E-state index is 10.9. The van der Waals surface area contributed by atoms with Gasteiger partial charge in [0.25, 0.3) is 0 Å². The average Bonchev–Trinajstić information content (AvgIpc) is 2.61. The number of phosphoric acid groups is 1. The summed E-state index contributed by atoms with van der Waals surface area (Å²) >= 11 is 0. The van der Waals surface area contributed by atoms with Gasteiger partial charge in [0.05, 0.1) is 18.8 Å². The van der Waals surface area contributed by atoms with Crippen molar-refractivity contribution < 1.29 is 24.0 Å². The van der Waals surface area contributed by atoms with E-state index in [2.05, 4.69) is 36.6 Å². The highest BCUT2D eigenvalue weighted by Crippen LogP contribution is 2.37. The molecule has 156 valence electrons. The van der Waals surface area contributed by atoms with Gasteiger partial charge in [0.15, 0.2) is 0 Å². The summed E-state index contributed by atoms with van der Waals surface area (Å²) in [5, 5.41) is 9.49. The first kappa shape index (κ1) is 24.3. The number of benzene rings is 1. The number of hydrogen-bond acceptors (Lipinski definition) is 4. The average molecular weight is 401 g/mol. The molecule has 5 N–H and O–H groups in total. The molecule has 0 saturated heterocycles. The minimum atomic E-state index is -4.60. The van der Waals surface area contributed by atoms with Crippen LogP contribution in [0.4, 0.5) is 0 Å². The highest BCUT2D eigenvalue weighted by atomic mass is 31.2.